The van der Waals surface area contributed by atoms with Gasteiger partial charge >= 0.3 is 6.18 Å². The molecule has 0 aliphatic heterocycles. The van der Waals surface area contributed by atoms with E-state index in [4.69, 9.17) is 11.6 Å². The average molecular weight is 328 g/mol. The van der Waals surface area contributed by atoms with E-state index in [0.717, 1.165) is 28.0 Å². The molecule has 0 atom stereocenters. The summed E-state index contributed by atoms with van der Waals surface area (Å²) in [6, 6.07) is 11.2. The molecule has 1 heterocycles. The van der Waals surface area contributed by atoms with Crippen LogP contribution in [0.1, 0.15) is 11.1 Å². The molecule has 21 heavy (non-hydrogen) atoms. The summed E-state index contributed by atoms with van der Waals surface area (Å²) in [5, 5.41) is 0.699. The zero-order valence-corrected chi connectivity index (χ0v) is 12.2. The van der Waals surface area contributed by atoms with Gasteiger partial charge in [-0.3, -0.25) is 0 Å². The van der Waals surface area contributed by atoms with Crippen LogP contribution in [0.2, 0.25) is 0 Å². The zero-order chi connectivity index (χ0) is 15.0. The molecule has 0 bridgehead atoms. The lowest BCUT2D eigenvalue weighted by Crippen LogP contribution is -2.03. The summed E-state index contributed by atoms with van der Waals surface area (Å²) in [6.45, 7) is 0. The minimum atomic E-state index is -4.35. The first kappa shape index (κ1) is 14.4. The number of aromatic nitrogens is 1. The van der Waals surface area contributed by atoms with Crippen molar-refractivity contribution in [2.45, 2.75) is 12.1 Å². The molecule has 3 rings (SSSR count). The number of fused-ring (bicyclic) bond motifs is 1. The summed E-state index contributed by atoms with van der Waals surface area (Å²) in [5.74, 6) is 0.426. The molecule has 0 saturated carbocycles. The second-order valence-electron chi connectivity index (χ2n) is 4.53. The van der Waals surface area contributed by atoms with E-state index in [1.54, 1.807) is 0 Å². The number of halogens is 4. The first-order chi connectivity index (χ1) is 9.97. The molecular formula is C15H9ClF3NS. The van der Waals surface area contributed by atoms with Crippen molar-refractivity contribution in [1.82, 2.24) is 4.98 Å². The molecule has 0 unspecified atom stereocenters. The molecule has 1 aromatic heterocycles. The van der Waals surface area contributed by atoms with Crippen LogP contribution in [-0.2, 0) is 12.1 Å². The third-order valence-electron chi connectivity index (χ3n) is 3.07. The van der Waals surface area contributed by atoms with Crippen LogP contribution in [0.3, 0.4) is 0 Å². The number of hydrogen-bond acceptors (Lipinski definition) is 2. The maximum absolute atomic E-state index is 12.7. The fourth-order valence-corrected chi connectivity index (χ4v) is 3.09. The molecule has 1 nitrogen and oxygen atoms in total. The molecule has 0 aliphatic carbocycles. The molecule has 6 heteroatoms. The normalized spacial score (nSPS) is 12.0. The predicted molar refractivity (Wildman–Crippen MR) is 79.6 cm³/mol. The summed E-state index contributed by atoms with van der Waals surface area (Å²) in [7, 11) is 0. The van der Waals surface area contributed by atoms with E-state index in [1.807, 2.05) is 24.3 Å². The highest BCUT2D eigenvalue weighted by atomic mass is 35.5. The van der Waals surface area contributed by atoms with E-state index in [0.29, 0.717) is 16.4 Å². The van der Waals surface area contributed by atoms with Crippen molar-refractivity contribution < 1.29 is 13.2 Å². The Morgan fingerprint density at radius 2 is 1.76 bits per heavy atom. The Bertz CT molecular complexity index is 778. The van der Waals surface area contributed by atoms with E-state index < -0.39 is 11.7 Å². The van der Waals surface area contributed by atoms with Gasteiger partial charge in [-0.2, -0.15) is 13.2 Å². The highest BCUT2D eigenvalue weighted by molar-refractivity contribution is 7.21. The predicted octanol–water partition coefficient (Wildman–Crippen LogP) is 5.72. The second-order valence-corrected chi connectivity index (χ2v) is 5.83. The van der Waals surface area contributed by atoms with Gasteiger partial charge in [0.1, 0.15) is 5.01 Å². The number of alkyl halides is 4. The maximum Gasteiger partial charge on any atom is 0.416 e. The Labute approximate surface area is 128 Å². The van der Waals surface area contributed by atoms with Crippen LogP contribution >= 0.6 is 22.9 Å². The summed E-state index contributed by atoms with van der Waals surface area (Å²) in [5.41, 5.74) is 1.55. The zero-order valence-electron chi connectivity index (χ0n) is 10.6. The SMILES string of the molecule is FC(F)(F)c1ccc2sc(-c3ccc(CCl)cc3)nc2c1. The van der Waals surface area contributed by atoms with Gasteiger partial charge in [0.15, 0.2) is 0 Å². The van der Waals surface area contributed by atoms with Crippen molar-refractivity contribution in [2.24, 2.45) is 0 Å². The molecule has 0 fully saturated rings. The first-order valence-corrected chi connectivity index (χ1v) is 7.45. The number of thiazole rings is 1. The molecule has 0 N–H and O–H groups in total. The highest BCUT2D eigenvalue weighted by Crippen LogP contribution is 2.35. The van der Waals surface area contributed by atoms with Gasteiger partial charge in [-0.05, 0) is 23.8 Å². The van der Waals surface area contributed by atoms with Crippen LogP contribution in [-0.4, -0.2) is 4.98 Å². The third kappa shape index (κ3) is 2.89. The van der Waals surface area contributed by atoms with Crippen molar-refractivity contribution >= 4 is 33.2 Å². The van der Waals surface area contributed by atoms with E-state index in [1.165, 1.54) is 17.4 Å². The molecule has 3 aromatic rings. The molecule has 0 aliphatic rings. The lowest BCUT2D eigenvalue weighted by atomic mass is 10.1. The van der Waals surface area contributed by atoms with Gasteiger partial charge in [-0.15, -0.1) is 22.9 Å². The number of rotatable bonds is 2. The van der Waals surface area contributed by atoms with Crippen molar-refractivity contribution in [3.05, 3.63) is 53.6 Å². The lowest BCUT2D eigenvalue weighted by molar-refractivity contribution is -0.137. The van der Waals surface area contributed by atoms with Crippen LogP contribution in [0.5, 0.6) is 0 Å². The minimum Gasteiger partial charge on any atom is -0.236 e. The van der Waals surface area contributed by atoms with Crippen LogP contribution < -0.4 is 0 Å². The first-order valence-electron chi connectivity index (χ1n) is 6.10. The number of nitrogens with zero attached hydrogens (tertiary/aromatic N) is 1. The summed E-state index contributed by atoms with van der Waals surface area (Å²) in [4.78, 5) is 4.30. The fourth-order valence-electron chi connectivity index (χ4n) is 1.96. The monoisotopic (exact) mass is 327 g/mol. The minimum absolute atomic E-state index is 0.367. The largest absolute Gasteiger partial charge is 0.416 e. The average Bonchev–Trinajstić information content (AvgIpc) is 2.89. The molecule has 2 aromatic carbocycles. The molecule has 0 saturated heterocycles. The van der Waals surface area contributed by atoms with E-state index in [9.17, 15) is 13.2 Å². The third-order valence-corrected chi connectivity index (χ3v) is 4.46. The standard InChI is InChI=1S/C15H9ClF3NS/c16-8-9-1-3-10(4-2-9)14-20-12-7-11(15(17,18)19)5-6-13(12)21-14/h1-7H,8H2. The summed E-state index contributed by atoms with van der Waals surface area (Å²) in [6.07, 6.45) is -4.35. The van der Waals surface area contributed by atoms with Gasteiger partial charge in [-0.1, -0.05) is 24.3 Å². The fraction of sp³-hybridized carbons (Fsp3) is 0.133. The van der Waals surface area contributed by atoms with Crippen molar-refractivity contribution in [3.8, 4) is 10.6 Å². The summed E-state index contributed by atoms with van der Waals surface area (Å²) >= 11 is 7.10. The van der Waals surface area contributed by atoms with Crippen molar-refractivity contribution in [1.29, 1.82) is 0 Å². The molecular weight excluding hydrogens is 319 g/mol. The Hall–Kier alpha value is -1.59. The summed E-state index contributed by atoms with van der Waals surface area (Å²) < 4.78 is 38.8. The lowest BCUT2D eigenvalue weighted by Gasteiger charge is -2.04. The van der Waals surface area contributed by atoms with Crippen LogP contribution in [0, 0.1) is 0 Å². The van der Waals surface area contributed by atoms with Gasteiger partial charge in [0.2, 0.25) is 0 Å². The second kappa shape index (κ2) is 5.31. The van der Waals surface area contributed by atoms with Crippen LogP contribution in [0.25, 0.3) is 20.8 Å². The van der Waals surface area contributed by atoms with Crippen LogP contribution in [0.15, 0.2) is 42.5 Å². The maximum atomic E-state index is 12.7. The van der Waals surface area contributed by atoms with Gasteiger partial charge < -0.3 is 0 Å². The Morgan fingerprint density at radius 1 is 1.05 bits per heavy atom. The molecule has 0 amide bonds. The van der Waals surface area contributed by atoms with E-state index in [-0.39, 0.29) is 0 Å². The van der Waals surface area contributed by atoms with Crippen molar-refractivity contribution in [3.63, 3.8) is 0 Å². The molecule has 0 radical (unpaired) electrons. The van der Waals surface area contributed by atoms with Crippen LogP contribution in [0.4, 0.5) is 13.2 Å². The van der Waals surface area contributed by atoms with Gasteiger partial charge in [-0.25, -0.2) is 4.98 Å². The Morgan fingerprint density at radius 3 is 2.38 bits per heavy atom. The molecule has 0 spiro atoms. The van der Waals surface area contributed by atoms with E-state index >= 15 is 0 Å². The van der Waals surface area contributed by atoms with Gasteiger partial charge in [0.05, 0.1) is 15.8 Å². The van der Waals surface area contributed by atoms with Gasteiger partial charge in [0, 0.05) is 11.4 Å². The molecule has 108 valence electrons. The topological polar surface area (TPSA) is 12.9 Å². The van der Waals surface area contributed by atoms with Crippen molar-refractivity contribution in [2.75, 3.05) is 0 Å². The smallest absolute Gasteiger partial charge is 0.236 e. The Kier molecular flexibility index (Phi) is 3.63. The Balaban J connectivity index is 2.04. The van der Waals surface area contributed by atoms with E-state index in [2.05, 4.69) is 4.98 Å². The number of hydrogen-bond donors (Lipinski definition) is 0. The number of benzene rings is 2. The quantitative estimate of drug-likeness (QED) is 0.548. The highest BCUT2D eigenvalue weighted by Gasteiger charge is 2.30. The van der Waals surface area contributed by atoms with Gasteiger partial charge in [0.25, 0.3) is 0 Å².